The van der Waals surface area contributed by atoms with Crippen LogP contribution in [0.15, 0.2) is 46.9 Å². The minimum absolute atomic E-state index is 0.0437. The molecule has 0 aliphatic rings. The Morgan fingerprint density at radius 3 is 2.68 bits per heavy atom. The number of rotatable bonds is 3. The number of benzene rings is 2. The molecule has 0 radical (unpaired) electrons. The number of ether oxygens (including phenoxy) is 1. The molecule has 2 aromatic carbocycles. The fraction of sp³-hybridized carbons (Fsp3) is 0. The van der Waals surface area contributed by atoms with E-state index in [9.17, 15) is 10.1 Å². The van der Waals surface area contributed by atoms with Crippen LogP contribution < -0.4 is 4.74 Å². The molecule has 0 heterocycles. The molecular weight excluding hydrogens is 312 g/mol. The molecule has 0 saturated carbocycles. The van der Waals surface area contributed by atoms with Crippen molar-refractivity contribution in [3.8, 4) is 17.6 Å². The van der Waals surface area contributed by atoms with Crippen molar-refractivity contribution >= 4 is 21.6 Å². The predicted octanol–water partition coefficient (Wildman–Crippen LogP) is 4.02. The van der Waals surface area contributed by atoms with Crippen molar-refractivity contribution < 1.29 is 9.66 Å². The molecular formula is C13H7BrN2O3. The molecule has 94 valence electrons. The number of halogens is 1. The number of nitrogens with zero attached hydrogens (tertiary/aromatic N) is 2. The Balaban J connectivity index is 2.43. The number of hydrogen-bond donors (Lipinski definition) is 0. The third-order valence-electron chi connectivity index (χ3n) is 2.31. The van der Waals surface area contributed by atoms with Crippen LogP contribution in [0.3, 0.4) is 0 Å². The van der Waals surface area contributed by atoms with Crippen LogP contribution in [0.25, 0.3) is 0 Å². The maximum absolute atomic E-state index is 10.9. The van der Waals surface area contributed by atoms with Crippen molar-refractivity contribution in [2.45, 2.75) is 0 Å². The second-order valence-electron chi connectivity index (χ2n) is 3.61. The van der Waals surface area contributed by atoms with E-state index in [-0.39, 0.29) is 11.4 Å². The molecule has 19 heavy (non-hydrogen) atoms. The Hall–Kier alpha value is -2.39. The highest BCUT2D eigenvalue weighted by Gasteiger charge is 2.16. The molecule has 0 spiro atoms. The summed E-state index contributed by atoms with van der Waals surface area (Å²) >= 11 is 3.28. The minimum Gasteiger partial charge on any atom is -0.450 e. The number of nitro groups is 1. The van der Waals surface area contributed by atoms with Crippen molar-refractivity contribution in [3.63, 3.8) is 0 Å². The van der Waals surface area contributed by atoms with E-state index in [2.05, 4.69) is 15.9 Å². The smallest absolute Gasteiger partial charge is 0.311 e. The average molecular weight is 319 g/mol. The Kier molecular flexibility index (Phi) is 3.78. The topological polar surface area (TPSA) is 76.2 Å². The van der Waals surface area contributed by atoms with Gasteiger partial charge < -0.3 is 4.74 Å². The summed E-state index contributed by atoms with van der Waals surface area (Å²) in [6.45, 7) is 0. The lowest BCUT2D eigenvalue weighted by Crippen LogP contribution is -1.94. The second-order valence-corrected chi connectivity index (χ2v) is 4.53. The lowest BCUT2D eigenvalue weighted by atomic mass is 10.2. The van der Waals surface area contributed by atoms with Gasteiger partial charge in [-0.15, -0.1) is 0 Å². The zero-order valence-electron chi connectivity index (χ0n) is 9.54. The maximum Gasteiger partial charge on any atom is 0.311 e. The van der Waals surface area contributed by atoms with Crippen LogP contribution >= 0.6 is 15.9 Å². The molecule has 6 heteroatoms. The van der Waals surface area contributed by atoms with Gasteiger partial charge in [-0.2, -0.15) is 5.26 Å². The number of nitro benzene ring substituents is 1. The van der Waals surface area contributed by atoms with Crippen LogP contribution in [0.2, 0.25) is 0 Å². The van der Waals surface area contributed by atoms with E-state index < -0.39 is 4.92 Å². The summed E-state index contributed by atoms with van der Waals surface area (Å²) in [5.74, 6) is 0.495. The standard InChI is InChI=1S/C13H7BrN2O3/c14-10-2-1-3-11(7-10)19-13-6-9(8-15)4-5-12(13)16(17)18/h1-7H. The molecule has 0 aliphatic carbocycles. The van der Waals surface area contributed by atoms with Gasteiger partial charge in [0.2, 0.25) is 5.75 Å². The lowest BCUT2D eigenvalue weighted by molar-refractivity contribution is -0.385. The lowest BCUT2D eigenvalue weighted by Gasteiger charge is -2.06. The molecule has 5 nitrogen and oxygen atoms in total. The summed E-state index contributed by atoms with van der Waals surface area (Å²) in [6, 6.07) is 12.8. The maximum atomic E-state index is 10.9. The molecule has 0 unspecified atom stereocenters. The first-order chi connectivity index (χ1) is 9.10. The summed E-state index contributed by atoms with van der Waals surface area (Å²) in [4.78, 5) is 10.4. The van der Waals surface area contributed by atoms with Crippen LogP contribution in [-0.2, 0) is 0 Å². The fourth-order valence-electron chi connectivity index (χ4n) is 1.47. The van der Waals surface area contributed by atoms with Gasteiger partial charge in [-0.3, -0.25) is 10.1 Å². The van der Waals surface area contributed by atoms with Crippen LogP contribution in [0, 0.1) is 21.4 Å². The molecule has 0 amide bonds. The quantitative estimate of drug-likeness (QED) is 0.632. The van der Waals surface area contributed by atoms with Gasteiger partial charge >= 0.3 is 5.69 Å². The normalized spacial score (nSPS) is 9.68. The van der Waals surface area contributed by atoms with Gasteiger partial charge in [-0.1, -0.05) is 22.0 Å². The van der Waals surface area contributed by atoms with E-state index in [1.165, 1.54) is 18.2 Å². The fourth-order valence-corrected chi connectivity index (χ4v) is 1.85. The molecule has 0 saturated heterocycles. The Labute approximate surface area is 117 Å². The molecule has 0 atom stereocenters. The SMILES string of the molecule is N#Cc1ccc([N+](=O)[O-])c(Oc2cccc(Br)c2)c1. The number of nitriles is 1. The highest BCUT2D eigenvalue weighted by molar-refractivity contribution is 9.10. The highest BCUT2D eigenvalue weighted by atomic mass is 79.9. The van der Waals surface area contributed by atoms with E-state index in [0.717, 1.165) is 4.47 Å². The van der Waals surface area contributed by atoms with E-state index in [1.807, 2.05) is 12.1 Å². The highest BCUT2D eigenvalue weighted by Crippen LogP contribution is 2.32. The van der Waals surface area contributed by atoms with Crippen LogP contribution in [-0.4, -0.2) is 4.92 Å². The molecule has 0 N–H and O–H groups in total. The van der Waals surface area contributed by atoms with Gasteiger partial charge in [0, 0.05) is 16.6 Å². The Morgan fingerprint density at radius 1 is 1.26 bits per heavy atom. The van der Waals surface area contributed by atoms with Crippen LogP contribution in [0.4, 0.5) is 5.69 Å². The van der Waals surface area contributed by atoms with Gasteiger partial charge in [-0.05, 0) is 24.3 Å². The summed E-state index contributed by atoms with van der Waals surface area (Å²) in [5.41, 5.74) is 0.120. The van der Waals surface area contributed by atoms with Crippen molar-refractivity contribution in [1.29, 1.82) is 5.26 Å². The van der Waals surface area contributed by atoms with Crippen molar-refractivity contribution in [1.82, 2.24) is 0 Å². The first-order valence-corrected chi connectivity index (χ1v) is 6.01. The number of hydrogen-bond acceptors (Lipinski definition) is 4. The van der Waals surface area contributed by atoms with Crippen LogP contribution in [0.5, 0.6) is 11.5 Å². The van der Waals surface area contributed by atoms with Crippen molar-refractivity contribution in [3.05, 3.63) is 62.6 Å². The molecule has 0 aliphatic heterocycles. The summed E-state index contributed by atoms with van der Waals surface area (Å²) in [5, 5.41) is 19.7. The Bertz CT molecular complexity index is 680. The second kappa shape index (κ2) is 5.50. The monoisotopic (exact) mass is 318 g/mol. The molecule has 0 aromatic heterocycles. The third-order valence-corrected chi connectivity index (χ3v) is 2.80. The van der Waals surface area contributed by atoms with E-state index in [0.29, 0.717) is 11.3 Å². The largest absolute Gasteiger partial charge is 0.450 e. The van der Waals surface area contributed by atoms with Crippen molar-refractivity contribution in [2.75, 3.05) is 0 Å². The van der Waals surface area contributed by atoms with E-state index >= 15 is 0 Å². The van der Waals surface area contributed by atoms with Gasteiger partial charge in [-0.25, -0.2) is 0 Å². The molecule has 2 aromatic rings. The zero-order chi connectivity index (χ0) is 13.8. The average Bonchev–Trinajstić information content (AvgIpc) is 2.38. The first-order valence-electron chi connectivity index (χ1n) is 5.22. The van der Waals surface area contributed by atoms with Crippen LogP contribution in [0.1, 0.15) is 5.56 Å². The summed E-state index contributed by atoms with van der Waals surface area (Å²) in [7, 11) is 0. The van der Waals surface area contributed by atoms with Gasteiger partial charge in [0.15, 0.2) is 0 Å². The van der Waals surface area contributed by atoms with Gasteiger partial charge in [0.25, 0.3) is 0 Å². The molecule has 0 bridgehead atoms. The summed E-state index contributed by atoms with van der Waals surface area (Å²) < 4.78 is 6.27. The van der Waals surface area contributed by atoms with E-state index in [4.69, 9.17) is 10.00 Å². The Morgan fingerprint density at radius 2 is 2.05 bits per heavy atom. The third kappa shape index (κ3) is 3.09. The van der Waals surface area contributed by atoms with Crippen molar-refractivity contribution in [2.24, 2.45) is 0 Å². The zero-order valence-corrected chi connectivity index (χ0v) is 11.1. The van der Waals surface area contributed by atoms with Gasteiger partial charge in [0.1, 0.15) is 5.75 Å². The molecule has 0 fully saturated rings. The molecule has 2 rings (SSSR count). The minimum atomic E-state index is -0.547. The first kappa shape index (κ1) is 13.1. The summed E-state index contributed by atoms with van der Waals surface area (Å²) in [6.07, 6.45) is 0. The van der Waals surface area contributed by atoms with Gasteiger partial charge in [0.05, 0.1) is 16.6 Å². The van der Waals surface area contributed by atoms with E-state index in [1.54, 1.807) is 18.2 Å². The predicted molar refractivity (Wildman–Crippen MR) is 72.0 cm³/mol.